The average molecular weight is 272 g/mol. The van der Waals surface area contributed by atoms with Gasteiger partial charge in [-0.15, -0.1) is 0 Å². The lowest BCUT2D eigenvalue weighted by Gasteiger charge is -2.46. The van der Waals surface area contributed by atoms with Crippen molar-refractivity contribution in [2.75, 3.05) is 20.3 Å². The van der Waals surface area contributed by atoms with Gasteiger partial charge in [-0.25, -0.2) is 0 Å². The van der Waals surface area contributed by atoms with Crippen LogP contribution < -0.4 is 4.74 Å². The summed E-state index contributed by atoms with van der Waals surface area (Å²) in [6.07, 6.45) is 6.54. The number of methoxy groups -OCH3 is 1. The highest BCUT2D eigenvalue weighted by Crippen LogP contribution is 2.55. The lowest BCUT2D eigenvalue weighted by molar-refractivity contribution is -0.0570. The van der Waals surface area contributed by atoms with Gasteiger partial charge in [-0.05, 0) is 36.1 Å². The van der Waals surface area contributed by atoms with Crippen molar-refractivity contribution in [2.24, 2.45) is 11.8 Å². The van der Waals surface area contributed by atoms with Crippen molar-refractivity contribution in [3.05, 3.63) is 41.5 Å². The first-order chi connectivity index (χ1) is 9.78. The van der Waals surface area contributed by atoms with E-state index in [1.807, 2.05) is 6.07 Å². The number of benzene rings is 1. The molecular weight excluding hydrogens is 252 g/mol. The summed E-state index contributed by atoms with van der Waals surface area (Å²) in [5, 5.41) is 9.80. The largest absolute Gasteiger partial charge is 0.497 e. The minimum Gasteiger partial charge on any atom is -0.497 e. The minimum atomic E-state index is -0.185. The van der Waals surface area contributed by atoms with Crippen LogP contribution in [0.3, 0.4) is 0 Å². The zero-order valence-electron chi connectivity index (χ0n) is 11.7. The topological polar surface area (TPSA) is 38.7 Å². The van der Waals surface area contributed by atoms with Gasteiger partial charge in [0.05, 0.1) is 19.3 Å². The molecule has 0 radical (unpaired) electrons. The summed E-state index contributed by atoms with van der Waals surface area (Å²) < 4.78 is 11.6. The fraction of sp³-hybridized carbons (Fsp3) is 0.529. The Balaban J connectivity index is 1.82. The smallest absolute Gasteiger partial charge is 0.119 e. The molecule has 1 aromatic rings. The van der Waals surface area contributed by atoms with Gasteiger partial charge in [0.25, 0.3) is 0 Å². The molecule has 2 aliphatic carbocycles. The Morgan fingerprint density at radius 3 is 3.10 bits per heavy atom. The third-order valence-electron chi connectivity index (χ3n) is 5.43. The SMILES string of the molecule is COc1ccc2c(c1)CC[C@@]13OC[C@@H](C=C[C@H]21)[C@@H]3CO. The third-order valence-corrected chi connectivity index (χ3v) is 5.43. The lowest BCUT2D eigenvalue weighted by atomic mass is 9.62. The van der Waals surface area contributed by atoms with E-state index in [1.165, 1.54) is 11.1 Å². The van der Waals surface area contributed by atoms with Crippen LogP contribution in [0.25, 0.3) is 0 Å². The Bertz CT molecular complexity index is 565. The highest BCUT2D eigenvalue weighted by molar-refractivity contribution is 5.45. The highest BCUT2D eigenvalue weighted by Gasteiger charge is 2.56. The molecule has 1 spiro atoms. The fourth-order valence-electron chi connectivity index (χ4n) is 4.39. The molecule has 4 atom stereocenters. The summed E-state index contributed by atoms with van der Waals surface area (Å²) in [5.74, 6) is 1.82. The summed E-state index contributed by atoms with van der Waals surface area (Å²) >= 11 is 0. The monoisotopic (exact) mass is 272 g/mol. The standard InChI is InChI=1S/C17H20O3/c1-19-13-3-4-14-11(8-13)6-7-17-15(14)5-2-12(10-20-17)16(17)9-18/h2-5,8,12,15-16,18H,6-7,9-10H2,1H3/t12-,15-,16+,17-/m1/s1. The number of hydrogen-bond acceptors (Lipinski definition) is 3. The number of aliphatic hydroxyl groups excluding tert-OH is 1. The molecule has 1 aliphatic heterocycles. The first kappa shape index (κ1) is 12.4. The molecule has 3 aliphatic rings. The van der Waals surface area contributed by atoms with Crippen molar-refractivity contribution in [2.45, 2.75) is 24.4 Å². The van der Waals surface area contributed by atoms with E-state index in [-0.39, 0.29) is 24.0 Å². The normalized spacial score (nSPS) is 37.4. The van der Waals surface area contributed by atoms with Crippen LogP contribution in [0.2, 0.25) is 0 Å². The van der Waals surface area contributed by atoms with Gasteiger partial charge in [0, 0.05) is 24.4 Å². The summed E-state index contributed by atoms with van der Waals surface area (Å²) in [5.41, 5.74) is 2.51. The molecule has 1 heterocycles. The predicted molar refractivity (Wildman–Crippen MR) is 75.9 cm³/mol. The Morgan fingerprint density at radius 1 is 1.40 bits per heavy atom. The third kappa shape index (κ3) is 1.48. The molecule has 2 bridgehead atoms. The van der Waals surface area contributed by atoms with E-state index < -0.39 is 0 Å². The van der Waals surface area contributed by atoms with E-state index in [0.29, 0.717) is 5.92 Å². The van der Waals surface area contributed by atoms with Gasteiger partial charge in [0.15, 0.2) is 0 Å². The number of rotatable bonds is 2. The van der Waals surface area contributed by atoms with Crippen LogP contribution >= 0.6 is 0 Å². The molecule has 1 N–H and O–H groups in total. The Morgan fingerprint density at radius 2 is 2.30 bits per heavy atom. The highest BCUT2D eigenvalue weighted by atomic mass is 16.5. The lowest BCUT2D eigenvalue weighted by Crippen LogP contribution is -2.48. The van der Waals surface area contributed by atoms with E-state index >= 15 is 0 Å². The van der Waals surface area contributed by atoms with E-state index in [1.54, 1.807) is 7.11 Å². The Hall–Kier alpha value is -1.32. The quantitative estimate of drug-likeness (QED) is 0.840. The summed E-state index contributed by atoms with van der Waals surface area (Å²) in [6.45, 7) is 0.973. The molecule has 0 amide bonds. The van der Waals surface area contributed by atoms with Crippen LogP contribution in [0.1, 0.15) is 23.5 Å². The number of aliphatic hydroxyl groups is 1. The van der Waals surface area contributed by atoms with Crippen LogP contribution in [0.4, 0.5) is 0 Å². The van der Waals surface area contributed by atoms with Crippen LogP contribution in [-0.4, -0.2) is 31.0 Å². The van der Waals surface area contributed by atoms with Gasteiger partial charge >= 0.3 is 0 Å². The molecule has 1 aromatic carbocycles. The van der Waals surface area contributed by atoms with Crippen molar-refractivity contribution in [3.63, 3.8) is 0 Å². The second-order valence-corrected chi connectivity index (χ2v) is 6.15. The van der Waals surface area contributed by atoms with Crippen molar-refractivity contribution in [3.8, 4) is 5.75 Å². The van der Waals surface area contributed by atoms with Gasteiger partial charge in [-0.1, -0.05) is 18.2 Å². The molecule has 0 saturated carbocycles. The first-order valence-corrected chi connectivity index (χ1v) is 7.38. The van der Waals surface area contributed by atoms with E-state index in [4.69, 9.17) is 9.47 Å². The predicted octanol–water partition coefficient (Wildman–Crippen LogP) is 2.29. The molecule has 1 fully saturated rings. The molecule has 0 aromatic heterocycles. The second-order valence-electron chi connectivity index (χ2n) is 6.15. The van der Waals surface area contributed by atoms with Gasteiger partial charge in [0.2, 0.25) is 0 Å². The minimum absolute atomic E-state index is 0.185. The van der Waals surface area contributed by atoms with Crippen molar-refractivity contribution in [1.29, 1.82) is 0 Å². The van der Waals surface area contributed by atoms with Crippen LogP contribution in [0.15, 0.2) is 30.4 Å². The van der Waals surface area contributed by atoms with Crippen molar-refractivity contribution in [1.82, 2.24) is 0 Å². The maximum atomic E-state index is 9.80. The Kier molecular flexibility index (Phi) is 2.69. The molecule has 0 unspecified atom stereocenters. The van der Waals surface area contributed by atoms with Crippen LogP contribution in [0, 0.1) is 11.8 Å². The number of ether oxygens (including phenoxy) is 2. The fourth-order valence-corrected chi connectivity index (χ4v) is 4.39. The maximum Gasteiger partial charge on any atom is 0.119 e. The maximum absolute atomic E-state index is 9.80. The molecule has 3 heteroatoms. The number of aryl methyl sites for hydroxylation is 1. The molecule has 1 saturated heterocycles. The van der Waals surface area contributed by atoms with Crippen molar-refractivity contribution < 1.29 is 14.6 Å². The van der Waals surface area contributed by atoms with Crippen LogP contribution in [0.5, 0.6) is 5.75 Å². The van der Waals surface area contributed by atoms with Gasteiger partial charge in [-0.2, -0.15) is 0 Å². The van der Waals surface area contributed by atoms with E-state index in [0.717, 1.165) is 25.2 Å². The average Bonchev–Trinajstić information content (AvgIpc) is 2.72. The van der Waals surface area contributed by atoms with E-state index in [9.17, 15) is 5.11 Å². The second kappa shape index (κ2) is 4.34. The van der Waals surface area contributed by atoms with Gasteiger partial charge in [0.1, 0.15) is 5.75 Å². The van der Waals surface area contributed by atoms with Gasteiger partial charge in [-0.3, -0.25) is 0 Å². The summed E-state index contributed by atoms with van der Waals surface area (Å²) in [6, 6.07) is 6.34. The van der Waals surface area contributed by atoms with Crippen LogP contribution in [-0.2, 0) is 11.2 Å². The summed E-state index contributed by atoms with van der Waals surface area (Å²) in [4.78, 5) is 0. The molecule has 3 nitrogen and oxygen atoms in total. The summed E-state index contributed by atoms with van der Waals surface area (Å²) in [7, 11) is 1.71. The first-order valence-electron chi connectivity index (χ1n) is 7.38. The molecule has 106 valence electrons. The molecular formula is C17H20O3. The molecule has 20 heavy (non-hydrogen) atoms. The molecule has 4 rings (SSSR count). The van der Waals surface area contributed by atoms with E-state index in [2.05, 4.69) is 24.3 Å². The van der Waals surface area contributed by atoms with Crippen molar-refractivity contribution >= 4 is 0 Å². The van der Waals surface area contributed by atoms with Gasteiger partial charge < -0.3 is 14.6 Å². The zero-order chi connectivity index (χ0) is 13.7. The Labute approximate surface area is 119 Å². The number of fused-ring (bicyclic) bond motifs is 3. The zero-order valence-corrected chi connectivity index (χ0v) is 11.7. The number of hydrogen-bond donors (Lipinski definition) is 1.